The predicted octanol–water partition coefficient (Wildman–Crippen LogP) is 0.346. The van der Waals surface area contributed by atoms with Crippen LogP contribution in [0.3, 0.4) is 0 Å². The minimum absolute atomic E-state index is 0.0350. The second kappa shape index (κ2) is 4.76. The summed E-state index contributed by atoms with van der Waals surface area (Å²) in [7, 11) is 0. The molecule has 0 unspecified atom stereocenters. The third-order valence-electron chi connectivity index (χ3n) is 3.73. The number of aromatic nitrogens is 5. The Morgan fingerprint density at radius 1 is 1.27 bits per heavy atom. The molecule has 2 N–H and O–H groups in total. The van der Waals surface area contributed by atoms with Crippen molar-refractivity contribution in [1.29, 1.82) is 0 Å². The maximum atomic E-state index is 12.5. The molecule has 0 saturated carbocycles. The number of nitrogens with two attached hydrogens (primary N) is 1. The van der Waals surface area contributed by atoms with Crippen LogP contribution in [-0.2, 0) is 24.4 Å². The summed E-state index contributed by atoms with van der Waals surface area (Å²) in [6.45, 7) is 1.10. The van der Waals surface area contributed by atoms with E-state index in [9.17, 15) is 4.79 Å². The molecule has 0 fully saturated rings. The molecule has 22 heavy (non-hydrogen) atoms. The van der Waals surface area contributed by atoms with E-state index in [4.69, 9.17) is 5.73 Å². The summed E-state index contributed by atoms with van der Waals surface area (Å²) in [5, 5.41) is 8.09. The monoisotopic (exact) mass is 295 g/mol. The van der Waals surface area contributed by atoms with Crippen LogP contribution in [0.1, 0.15) is 11.3 Å². The Hall–Kier alpha value is -3.03. The molecule has 3 heterocycles. The topological polar surface area (TPSA) is 103 Å². The van der Waals surface area contributed by atoms with Crippen LogP contribution in [0.25, 0.3) is 11.0 Å². The van der Waals surface area contributed by atoms with Crippen molar-refractivity contribution in [3.63, 3.8) is 0 Å². The lowest BCUT2D eigenvalue weighted by Crippen LogP contribution is -2.29. The van der Waals surface area contributed by atoms with Gasteiger partial charge in [0, 0.05) is 18.3 Å². The Morgan fingerprint density at radius 3 is 3.05 bits per heavy atom. The number of carbonyl (C=O) groups excluding carboxylic acids is 1. The fourth-order valence-corrected chi connectivity index (χ4v) is 2.61. The molecule has 3 aromatic rings. The molecular formula is C14H13N7O. The van der Waals surface area contributed by atoms with Crippen molar-refractivity contribution in [1.82, 2.24) is 29.9 Å². The number of rotatable bonds is 2. The lowest BCUT2D eigenvalue weighted by Gasteiger charge is -2.14. The van der Waals surface area contributed by atoms with Gasteiger partial charge in [-0.05, 0) is 12.1 Å². The Labute approximate surface area is 125 Å². The fraction of sp³-hybridized carbons (Fsp3) is 0.214. The first-order valence-electron chi connectivity index (χ1n) is 6.87. The number of anilines is 1. The Balaban J connectivity index is 1.54. The van der Waals surface area contributed by atoms with Gasteiger partial charge in [-0.15, -0.1) is 5.10 Å². The molecule has 0 spiro atoms. The highest BCUT2D eigenvalue weighted by Crippen LogP contribution is 2.21. The molecule has 8 nitrogen and oxygen atoms in total. The third-order valence-corrected chi connectivity index (χ3v) is 3.73. The van der Waals surface area contributed by atoms with E-state index in [2.05, 4.69) is 20.3 Å². The first-order chi connectivity index (χ1) is 10.7. The summed E-state index contributed by atoms with van der Waals surface area (Å²) in [5.41, 5.74) is 8.94. The molecule has 0 atom stereocenters. The maximum absolute atomic E-state index is 12.5. The minimum Gasteiger partial charge on any atom is -0.368 e. The van der Waals surface area contributed by atoms with Crippen molar-refractivity contribution < 1.29 is 4.79 Å². The summed E-state index contributed by atoms with van der Waals surface area (Å²) in [4.78, 5) is 22.3. The van der Waals surface area contributed by atoms with Gasteiger partial charge in [-0.1, -0.05) is 17.3 Å². The normalized spacial score (nSPS) is 13.5. The van der Waals surface area contributed by atoms with Crippen LogP contribution in [0.15, 0.2) is 30.5 Å². The number of carbonyl (C=O) groups is 1. The predicted molar refractivity (Wildman–Crippen MR) is 78.2 cm³/mol. The van der Waals surface area contributed by atoms with Crippen LogP contribution in [0.2, 0.25) is 0 Å². The molecule has 8 heteroatoms. The largest absolute Gasteiger partial charge is 0.368 e. The first-order valence-corrected chi connectivity index (χ1v) is 6.87. The molecule has 1 aliphatic heterocycles. The van der Waals surface area contributed by atoms with E-state index in [1.165, 1.54) is 0 Å². The highest BCUT2D eigenvalue weighted by molar-refractivity contribution is 5.80. The van der Waals surface area contributed by atoms with Gasteiger partial charge in [-0.2, -0.15) is 0 Å². The maximum Gasteiger partial charge on any atom is 0.245 e. The van der Waals surface area contributed by atoms with Crippen molar-refractivity contribution in [2.75, 3.05) is 5.73 Å². The summed E-state index contributed by atoms with van der Waals surface area (Å²) in [5.74, 6) is 0.197. The lowest BCUT2D eigenvalue weighted by atomic mass is 10.3. The zero-order chi connectivity index (χ0) is 15.1. The number of fused-ring (bicyclic) bond motifs is 2. The molecule has 110 valence electrons. The van der Waals surface area contributed by atoms with Crippen LogP contribution in [-0.4, -0.2) is 35.8 Å². The Bertz CT molecular complexity index is 873. The number of nitrogens with zero attached hydrogens (tertiary/aromatic N) is 6. The summed E-state index contributed by atoms with van der Waals surface area (Å²) >= 11 is 0. The minimum atomic E-state index is -0.0350. The van der Waals surface area contributed by atoms with E-state index in [-0.39, 0.29) is 18.4 Å². The van der Waals surface area contributed by atoms with Crippen LogP contribution < -0.4 is 5.73 Å². The van der Waals surface area contributed by atoms with Crippen LogP contribution in [0.5, 0.6) is 0 Å². The van der Waals surface area contributed by atoms with Crippen LogP contribution in [0, 0.1) is 0 Å². The molecule has 1 aromatic carbocycles. The number of amides is 1. The van der Waals surface area contributed by atoms with Gasteiger partial charge in [0.1, 0.15) is 12.1 Å². The van der Waals surface area contributed by atoms with Gasteiger partial charge in [0.2, 0.25) is 11.9 Å². The van der Waals surface area contributed by atoms with Gasteiger partial charge in [0.05, 0.1) is 17.8 Å². The fourth-order valence-electron chi connectivity index (χ4n) is 2.61. The van der Waals surface area contributed by atoms with E-state index in [0.29, 0.717) is 13.1 Å². The van der Waals surface area contributed by atoms with Crippen molar-refractivity contribution in [2.24, 2.45) is 0 Å². The second-order valence-corrected chi connectivity index (χ2v) is 5.19. The molecule has 0 aliphatic carbocycles. The summed E-state index contributed by atoms with van der Waals surface area (Å²) < 4.78 is 1.61. The van der Waals surface area contributed by atoms with E-state index in [1.54, 1.807) is 15.8 Å². The Morgan fingerprint density at radius 2 is 2.14 bits per heavy atom. The van der Waals surface area contributed by atoms with Crippen molar-refractivity contribution in [3.8, 4) is 0 Å². The molecule has 1 aliphatic rings. The SMILES string of the molecule is Nc1ncc2c(n1)CN(C(=O)Cn1nnc3ccccc31)C2. The van der Waals surface area contributed by atoms with Crippen molar-refractivity contribution in [3.05, 3.63) is 41.7 Å². The van der Waals surface area contributed by atoms with Crippen molar-refractivity contribution in [2.45, 2.75) is 19.6 Å². The summed E-state index contributed by atoms with van der Waals surface area (Å²) in [6.07, 6.45) is 1.68. The van der Waals surface area contributed by atoms with Crippen LogP contribution >= 0.6 is 0 Å². The smallest absolute Gasteiger partial charge is 0.245 e. The van der Waals surface area contributed by atoms with E-state index >= 15 is 0 Å². The van der Waals surface area contributed by atoms with Gasteiger partial charge in [0.25, 0.3) is 0 Å². The Kier molecular flexibility index (Phi) is 2.75. The van der Waals surface area contributed by atoms with Gasteiger partial charge in [0.15, 0.2) is 0 Å². The number of nitrogen functional groups attached to an aromatic ring is 1. The van der Waals surface area contributed by atoms with Gasteiger partial charge < -0.3 is 10.6 Å². The molecule has 0 saturated heterocycles. The first kappa shape index (κ1) is 12.7. The van der Waals surface area contributed by atoms with E-state index in [1.807, 2.05) is 24.3 Å². The zero-order valence-corrected chi connectivity index (χ0v) is 11.7. The van der Waals surface area contributed by atoms with Crippen molar-refractivity contribution >= 4 is 22.9 Å². The number of benzene rings is 1. The second-order valence-electron chi connectivity index (χ2n) is 5.19. The number of hydrogen-bond donors (Lipinski definition) is 1. The quantitative estimate of drug-likeness (QED) is 0.731. The van der Waals surface area contributed by atoms with Crippen LogP contribution in [0.4, 0.5) is 5.95 Å². The highest BCUT2D eigenvalue weighted by Gasteiger charge is 2.25. The number of para-hydroxylation sites is 1. The highest BCUT2D eigenvalue weighted by atomic mass is 16.2. The zero-order valence-electron chi connectivity index (χ0n) is 11.7. The molecule has 0 bridgehead atoms. The van der Waals surface area contributed by atoms with Gasteiger partial charge in [-0.25, -0.2) is 14.6 Å². The standard InChI is InChI=1S/C14H13N7O/c15-14-16-5-9-6-20(7-11(9)17-14)13(22)8-21-12-4-2-1-3-10(12)18-19-21/h1-5H,6-8H2,(H2,15,16,17). The molecular weight excluding hydrogens is 282 g/mol. The van der Waals surface area contributed by atoms with Gasteiger partial charge >= 0.3 is 0 Å². The van der Waals surface area contributed by atoms with Gasteiger partial charge in [-0.3, -0.25) is 4.79 Å². The molecule has 4 rings (SSSR count). The molecule has 1 amide bonds. The lowest BCUT2D eigenvalue weighted by molar-refractivity contribution is -0.132. The molecule has 2 aromatic heterocycles. The van der Waals surface area contributed by atoms with E-state index < -0.39 is 0 Å². The third kappa shape index (κ3) is 2.05. The number of hydrogen-bond acceptors (Lipinski definition) is 6. The summed E-state index contributed by atoms with van der Waals surface area (Å²) in [6, 6.07) is 7.56. The average molecular weight is 295 g/mol. The average Bonchev–Trinajstić information content (AvgIpc) is 3.11. The van der Waals surface area contributed by atoms with E-state index in [0.717, 1.165) is 22.3 Å². The molecule has 0 radical (unpaired) electrons.